The normalized spacial score (nSPS) is 10.8. The van der Waals surface area contributed by atoms with Gasteiger partial charge in [-0.05, 0) is 32.4 Å². The molecule has 3 rings (SSSR count). The van der Waals surface area contributed by atoms with Crippen molar-refractivity contribution < 1.29 is 23.9 Å². The van der Waals surface area contributed by atoms with E-state index in [1.807, 2.05) is 24.3 Å². The molecule has 0 fully saturated rings. The Morgan fingerprint density at radius 2 is 1.78 bits per heavy atom. The van der Waals surface area contributed by atoms with E-state index in [0.717, 1.165) is 10.9 Å². The molecular formula is C20H20N2O5. The summed E-state index contributed by atoms with van der Waals surface area (Å²) < 4.78 is 10.2. The summed E-state index contributed by atoms with van der Waals surface area (Å²) in [7, 11) is 0. The number of carbonyl (C=O) groups excluding carboxylic acids is 3. The standard InChI is InChI=1S/C20H20N2O5/c1-4-26-20(25)18-11(2)17(12(3)22-18)19(24)27-10-16(23)14-9-21-15-8-6-5-7-13(14)15/h5-9,21-22H,4,10H2,1-3H3. The lowest BCUT2D eigenvalue weighted by molar-refractivity contribution is 0.0474. The van der Waals surface area contributed by atoms with Gasteiger partial charge in [0.15, 0.2) is 6.61 Å². The van der Waals surface area contributed by atoms with Gasteiger partial charge in [-0.1, -0.05) is 18.2 Å². The van der Waals surface area contributed by atoms with Crippen LogP contribution in [0.5, 0.6) is 0 Å². The average Bonchev–Trinajstić information content (AvgIpc) is 3.20. The van der Waals surface area contributed by atoms with Gasteiger partial charge in [-0.2, -0.15) is 0 Å². The van der Waals surface area contributed by atoms with Crippen LogP contribution in [-0.4, -0.2) is 40.9 Å². The summed E-state index contributed by atoms with van der Waals surface area (Å²) in [5, 5.41) is 0.775. The molecular weight excluding hydrogens is 348 g/mol. The zero-order valence-corrected chi connectivity index (χ0v) is 15.3. The molecule has 0 saturated carbocycles. The van der Waals surface area contributed by atoms with Crippen LogP contribution in [-0.2, 0) is 9.47 Å². The van der Waals surface area contributed by atoms with Crippen LogP contribution >= 0.6 is 0 Å². The summed E-state index contributed by atoms with van der Waals surface area (Å²) in [6.45, 7) is 4.84. The fraction of sp³-hybridized carbons (Fsp3) is 0.250. The number of carbonyl (C=O) groups is 3. The predicted octanol–water partition coefficient (Wildman–Crippen LogP) is 3.33. The summed E-state index contributed by atoms with van der Waals surface area (Å²) in [6, 6.07) is 7.39. The second-order valence-electron chi connectivity index (χ2n) is 6.09. The summed E-state index contributed by atoms with van der Waals surface area (Å²) in [6.07, 6.45) is 1.60. The molecule has 0 aliphatic heterocycles. The third-order valence-corrected chi connectivity index (χ3v) is 4.35. The number of benzene rings is 1. The highest BCUT2D eigenvalue weighted by molar-refractivity contribution is 6.09. The molecule has 0 bridgehead atoms. The first-order valence-corrected chi connectivity index (χ1v) is 8.56. The summed E-state index contributed by atoms with van der Waals surface area (Å²) in [5.41, 5.74) is 2.68. The number of aryl methyl sites for hydroxylation is 1. The number of aromatic nitrogens is 2. The minimum atomic E-state index is -0.662. The van der Waals surface area contributed by atoms with E-state index in [9.17, 15) is 14.4 Å². The van der Waals surface area contributed by atoms with Gasteiger partial charge in [0, 0.05) is 28.4 Å². The molecule has 27 heavy (non-hydrogen) atoms. The number of hydrogen-bond acceptors (Lipinski definition) is 5. The second-order valence-corrected chi connectivity index (χ2v) is 6.09. The second kappa shape index (κ2) is 7.49. The maximum atomic E-state index is 12.5. The zero-order chi connectivity index (χ0) is 19.6. The molecule has 7 nitrogen and oxygen atoms in total. The van der Waals surface area contributed by atoms with Crippen LogP contribution in [0.4, 0.5) is 0 Å². The third kappa shape index (κ3) is 3.48. The van der Waals surface area contributed by atoms with Gasteiger partial charge in [-0.15, -0.1) is 0 Å². The van der Waals surface area contributed by atoms with Crippen LogP contribution < -0.4 is 0 Å². The lowest BCUT2D eigenvalue weighted by Crippen LogP contribution is -2.15. The Bertz CT molecular complexity index is 1030. The Balaban J connectivity index is 1.74. The first-order valence-electron chi connectivity index (χ1n) is 8.56. The molecule has 1 aromatic carbocycles. The molecule has 2 aromatic heterocycles. The molecule has 0 saturated heterocycles. The molecule has 0 unspecified atom stereocenters. The lowest BCUT2D eigenvalue weighted by Gasteiger charge is -2.05. The molecule has 2 N–H and O–H groups in total. The quantitative estimate of drug-likeness (QED) is 0.513. The minimum absolute atomic E-state index is 0.212. The lowest BCUT2D eigenvalue weighted by atomic mass is 10.1. The smallest absolute Gasteiger partial charge is 0.355 e. The Hall–Kier alpha value is -3.35. The average molecular weight is 368 g/mol. The Morgan fingerprint density at radius 1 is 1.04 bits per heavy atom. The Kier molecular flexibility index (Phi) is 5.12. The number of esters is 2. The summed E-state index contributed by atoms with van der Waals surface area (Å²) >= 11 is 0. The van der Waals surface area contributed by atoms with Crippen molar-refractivity contribution in [2.24, 2.45) is 0 Å². The van der Waals surface area contributed by atoms with Crippen LogP contribution in [0, 0.1) is 13.8 Å². The van der Waals surface area contributed by atoms with Crippen molar-refractivity contribution in [2.75, 3.05) is 13.2 Å². The molecule has 7 heteroatoms. The van der Waals surface area contributed by atoms with Gasteiger partial charge in [-0.3, -0.25) is 4.79 Å². The molecule has 0 spiro atoms. The van der Waals surface area contributed by atoms with Crippen molar-refractivity contribution in [1.29, 1.82) is 0 Å². The van der Waals surface area contributed by atoms with E-state index in [-0.39, 0.29) is 30.3 Å². The number of H-pyrrole nitrogens is 2. The highest BCUT2D eigenvalue weighted by Gasteiger charge is 2.24. The van der Waals surface area contributed by atoms with E-state index in [0.29, 0.717) is 16.8 Å². The summed E-state index contributed by atoms with van der Waals surface area (Å²) in [5.74, 6) is -1.51. The number of fused-ring (bicyclic) bond motifs is 1. The number of hydrogen-bond donors (Lipinski definition) is 2. The maximum absolute atomic E-state index is 12.5. The van der Waals surface area contributed by atoms with Crippen LogP contribution in [0.25, 0.3) is 10.9 Å². The number of ether oxygens (including phenoxy) is 2. The van der Waals surface area contributed by atoms with Gasteiger partial charge in [0.2, 0.25) is 5.78 Å². The van der Waals surface area contributed by atoms with E-state index in [1.165, 1.54) is 0 Å². The Morgan fingerprint density at radius 3 is 2.52 bits per heavy atom. The fourth-order valence-corrected chi connectivity index (χ4v) is 3.05. The van der Waals surface area contributed by atoms with Crippen molar-refractivity contribution in [2.45, 2.75) is 20.8 Å². The molecule has 2 heterocycles. The van der Waals surface area contributed by atoms with Gasteiger partial charge in [0.1, 0.15) is 5.69 Å². The van der Waals surface area contributed by atoms with E-state index in [1.54, 1.807) is 27.0 Å². The van der Waals surface area contributed by atoms with Crippen molar-refractivity contribution >= 4 is 28.6 Å². The van der Waals surface area contributed by atoms with Crippen molar-refractivity contribution in [1.82, 2.24) is 9.97 Å². The first-order chi connectivity index (χ1) is 12.9. The van der Waals surface area contributed by atoms with E-state index in [4.69, 9.17) is 9.47 Å². The minimum Gasteiger partial charge on any atom is -0.461 e. The third-order valence-electron chi connectivity index (χ3n) is 4.35. The van der Waals surface area contributed by atoms with E-state index >= 15 is 0 Å². The van der Waals surface area contributed by atoms with Crippen molar-refractivity contribution in [3.05, 3.63) is 58.5 Å². The molecule has 0 amide bonds. The van der Waals surface area contributed by atoms with Gasteiger partial charge in [0.25, 0.3) is 0 Å². The molecule has 3 aromatic rings. The number of Topliss-reactive ketones (excluding diaryl/α,β-unsaturated/α-hetero) is 1. The van der Waals surface area contributed by atoms with Crippen molar-refractivity contribution in [3.8, 4) is 0 Å². The molecule has 0 radical (unpaired) electrons. The zero-order valence-electron chi connectivity index (χ0n) is 15.3. The van der Waals surface area contributed by atoms with Crippen molar-refractivity contribution in [3.63, 3.8) is 0 Å². The maximum Gasteiger partial charge on any atom is 0.355 e. The number of ketones is 1. The van der Waals surface area contributed by atoms with Crippen LogP contribution in [0.15, 0.2) is 30.5 Å². The van der Waals surface area contributed by atoms with Crippen LogP contribution in [0.3, 0.4) is 0 Å². The van der Waals surface area contributed by atoms with E-state index in [2.05, 4.69) is 9.97 Å². The van der Waals surface area contributed by atoms with Gasteiger partial charge >= 0.3 is 11.9 Å². The van der Waals surface area contributed by atoms with Gasteiger partial charge < -0.3 is 19.4 Å². The number of para-hydroxylation sites is 1. The van der Waals surface area contributed by atoms with Crippen LogP contribution in [0.2, 0.25) is 0 Å². The number of rotatable bonds is 6. The SMILES string of the molecule is CCOC(=O)c1[nH]c(C)c(C(=O)OCC(=O)c2c[nH]c3ccccc23)c1C. The highest BCUT2D eigenvalue weighted by Crippen LogP contribution is 2.21. The largest absolute Gasteiger partial charge is 0.461 e. The predicted molar refractivity (Wildman–Crippen MR) is 99.1 cm³/mol. The molecule has 0 aliphatic carbocycles. The molecule has 0 aliphatic rings. The van der Waals surface area contributed by atoms with Crippen LogP contribution in [0.1, 0.15) is 49.4 Å². The van der Waals surface area contributed by atoms with Gasteiger partial charge in [0.05, 0.1) is 12.2 Å². The van der Waals surface area contributed by atoms with E-state index < -0.39 is 11.9 Å². The monoisotopic (exact) mass is 368 g/mol. The topological polar surface area (TPSA) is 101 Å². The molecule has 0 atom stereocenters. The number of aromatic amines is 2. The van der Waals surface area contributed by atoms with Gasteiger partial charge in [-0.25, -0.2) is 9.59 Å². The fourth-order valence-electron chi connectivity index (χ4n) is 3.05. The number of nitrogens with one attached hydrogen (secondary N) is 2. The molecule has 140 valence electrons. The first kappa shape index (κ1) is 18.4. The Labute approximate surface area is 155 Å². The summed E-state index contributed by atoms with van der Waals surface area (Å²) in [4.78, 5) is 42.7. The highest BCUT2D eigenvalue weighted by atomic mass is 16.5.